The highest BCUT2D eigenvalue weighted by Crippen LogP contribution is 2.29. The van der Waals surface area contributed by atoms with Crippen LogP contribution in [0.5, 0.6) is 0 Å². The van der Waals surface area contributed by atoms with Crippen molar-refractivity contribution in [3.05, 3.63) is 0 Å². The number of carbonyl (C=O) groups is 1. The molecule has 1 aliphatic rings. The molecule has 3 heteroatoms. The van der Waals surface area contributed by atoms with Crippen LogP contribution in [0.4, 0.5) is 0 Å². The maximum atomic E-state index is 11.2. The number of rotatable bonds is 3. The normalized spacial score (nSPS) is 28.1. The van der Waals surface area contributed by atoms with Gasteiger partial charge in [-0.05, 0) is 38.3 Å². The second-order valence-electron chi connectivity index (χ2n) is 3.65. The summed E-state index contributed by atoms with van der Waals surface area (Å²) < 4.78 is 4.71. The number of esters is 1. The first-order valence-corrected chi connectivity index (χ1v) is 4.78. The second kappa shape index (κ2) is 5.00. The Balaban J connectivity index is 2.30. The number of carbonyl (C=O) groups excluding carboxylic acids is 1. The van der Waals surface area contributed by atoms with E-state index in [0.29, 0.717) is 5.92 Å². The standard InChI is InChI=1S/C10H17NO2/c1-11-7-8-3-5-9(6-4-8)10(12)13-2/h8-9H,1,3-7H2,2H3/t8-,9-. The third kappa shape index (κ3) is 2.83. The highest BCUT2D eigenvalue weighted by molar-refractivity contribution is 5.72. The Morgan fingerprint density at radius 3 is 2.54 bits per heavy atom. The highest BCUT2D eigenvalue weighted by Gasteiger charge is 2.26. The first kappa shape index (κ1) is 10.2. The molecule has 1 aliphatic carbocycles. The molecule has 1 rings (SSSR count). The molecule has 0 aromatic carbocycles. The quantitative estimate of drug-likeness (QED) is 0.493. The minimum atomic E-state index is -0.0509. The molecule has 0 aliphatic heterocycles. The van der Waals surface area contributed by atoms with E-state index in [0.717, 1.165) is 32.2 Å². The maximum absolute atomic E-state index is 11.2. The van der Waals surface area contributed by atoms with Gasteiger partial charge in [0, 0.05) is 6.54 Å². The highest BCUT2D eigenvalue weighted by atomic mass is 16.5. The molecule has 74 valence electrons. The molecule has 0 atom stereocenters. The lowest BCUT2D eigenvalue weighted by molar-refractivity contribution is -0.146. The van der Waals surface area contributed by atoms with E-state index in [1.54, 1.807) is 0 Å². The van der Waals surface area contributed by atoms with E-state index in [9.17, 15) is 4.79 Å². The summed E-state index contributed by atoms with van der Waals surface area (Å²) in [6.45, 7) is 4.32. The van der Waals surface area contributed by atoms with Gasteiger partial charge in [-0.2, -0.15) is 0 Å². The Morgan fingerprint density at radius 2 is 2.08 bits per heavy atom. The van der Waals surface area contributed by atoms with Crippen LogP contribution in [0.1, 0.15) is 25.7 Å². The zero-order valence-electron chi connectivity index (χ0n) is 8.16. The van der Waals surface area contributed by atoms with Gasteiger partial charge in [0.05, 0.1) is 13.0 Å². The van der Waals surface area contributed by atoms with E-state index in [4.69, 9.17) is 4.74 Å². The van der Waals surface area contributed by atoms with Crippen LogP contribution in [0.3, 0.4) is 0 Å². The van der Waals surface area contributed by atoms with Crippen LogP contribution < -0.4 is 0 Å². The summed E-state index contributed by atoms with van der Waals surface area (Å²) in [6.07, 6.45) is 4.07. The zero-order chi connectivity index (χ0) is 9.68. The van der Waals surface area contributed by atoms with Gasteiger partial charge in [-0.25, -0.2) is 0 Å². The molecular weight excluding hydrogens is 166 g/mol. The summed E-state index contributed by atoms with van der Waals surface area (Å²) in [7, 11) is 1.46. The Hall–Kier alpha value is -0.860. The zero-order valence-corrected chi connectivity index (χ0v) is 8.16. The fraction of sp³-hybridized carbons (Fsp3) is 0.800. The molecule has 13 heavy (non-hydrogen) atoms. The lowest BCUT2D eigenvalue weighted by Crippen LogP contribution is -2.23. The third-order valence-corrected chi connectivity index (χ3v) is 2.77. The van der Waals surface area contributed by atoms with Gasteiger partial charge in [0.1, 0.15) is 0 Å². The molecular formula is C10H17NO2. The molecule has 1 saturated carbocycles. The average Bonchev–Trinajstić information content (AvgIpc) is 2.18. The molecule has 1 fully saturated rings. The summed E-state index contributed by atoms with van der Waals surface area (Å²) in [5.41, 5.74) is 0. The smallest absolute Gasteiger partial charge is 0.308 e. The fourth-order valence-corrected chi connectivity index (χ4v) is 1.93. The van der Waals surface area contributed by atoms with E-state index in [1.165, 1.54) is 7.11 Å². The third-order valence-electron chi connectivity index (χ3n) is 2.77. The lowest BCUT2D eigenvalue weighted by atomic mass is 9.82. The van der Waals surface area contributed by atoms with Gasteiger partial charge in [-0.15, -0.1) is 0 Å². The average molecular weight is 183 g/mol. The maximum Gasteiger partial charge on any atom is 0.308 e. The monoisotopic (exact) mass is 183 g/mol. The molecule has 0 saturated heterocycles. The lowest BCUT2D eigenvalue weighted by Gasteiger charge is -2.25. The summed E-state index contributed by atoms with van der Waals surface area (Å²) in [5.74, 6) is 0.717. The van der Waals surface area contributed by atoms with Gasteiger partial charge >= 0.3 is 5.97 Å². The number of nitrogens with zero attached hydrogens (tertiary/aromatic N) is 1. The Kier molecular flexibility index (Phi) is 3.93. The van der Waals surface area contributed by atoms with Crippen molar-refractivity contribution in [3.8, 4) is 0 Å². The van der Waals surface area contributed by atoms with Crippen molar-refractivity contribution in [3.63, 3.8) is 0 Å². The number of methoxy groups -OCH3 is 1. The van der Waals surface area contributed by atoms with E-state index >= 15 is 0 Å². The number of hydrogen-bond acceptors (Lipinski definition) is 3. The topological polar surface area (TPSA) is 38.7 Å². The Morgan fingerprint density at radius 1 is 1.46 bits per heavy atom. The molecule has 0 bridgehead atoms. The molecule has 3 nitrogen and oxygen atoms in total. The molecule has 0 aromatic rings. The van der Waals surface area contributed by atoms with Crippen LogP contribution in [-0.4, -0.2) is 26.3 Å². The number of ether oxygens (including phenoxy) is 1. The van der Waals surface area contributed by atoms with Crippen molar-refractivity contribution in [1.82, 2.24) is 0 Å². The van der Waals surface area contributed by atoms with E-state index in [-0.39, 0.29) is 11.9 Å². The summed E-state index contributed by atoms with van der Waals surface area (Å²) in [6, 6.07) is 0. The number of aliphatic imine (C=N–C) groups is 1. The minimum absolute atomic E-state index is 0.0509. The fourth-order valence-electron chi connectivity index (χ4n) is 1.93. The van der Waals surface area contributed by atoms with Crippen molar-refractivity contribution in [2.75, 3.05) is 13.7 Å². The van der Waals surface area contributed by atoms with Gasteiger partial charge in [0.15, 0.2) is 0 Å². The van der Waals surface area contributed by atoms with Crippen LogP contribution in [-0.2, 0) is 9.53 Å². The first-order valence-electron chi connectivity index (χ1n) is 4.78. The van der Waals surface area contributed by atoms with Gasteiger partial charge in [-0.3, -0.25) is 4.79 Å². The summed E-state index contributed by atoms with van der Waals surface area (Å²) >= 11 is 0. The van der Waals surface area contributed by atoms with E-state index < -0.39 is 0 Å². The van der Waals surface area contributed by atoms with Crippen molar-refractivity contribution in [2.24, 2.45) is 16.8 Å². The van der Waals surface area contributed by atoms with Crippen LogP contribution in [0.15, 0.2) is 4.99 Å². The van der Waals surface area contributed by atoms with Crippen molar-refractivity contribution in [2.45, 2.75) is 25.7 Å². The second-order valence-corrected chi connectivity index (χ2v) is 3.65. The van der Waals surface area contributed by atoms with Crippen molar-refractivity contribution < 1.29 is 9.53 Å². The van der Waals surface area contributed by atoms with Crippen molar-refractivity contribution >= 4 is 12.7 Å². The largest absolute Gasteiger partial charge is 0.469 e. The summed E-state index contributed by atoms with van der Waals surface area (Å²) in [4.78, 5) is 15.1. The predicted molar refractivity (Wildman–Crippen MR) is 51.9 cm³/mol. The predicted octanol–water partition coefficient (Wildman–Crippen LogP) is 1.67. The van der Waals surface area contributed by atoms with Gasteiger partial charge in [0.25, 0.3) is 0 Å². The first-order chi connectivity index (χ1) is 6.27. The van der Waals surface area contributed by atoms with Crippen LogP contribution in [0.25, 0.3) is 0 Å². The van der Waals surface area contributed by atoms with Gasteiger partial charge < -0.3 is 9.73 Å². The van der Waals surface area contributed by atoms with Crippen LogP contribution in [0, 0.1) is 11.8 Å². The molecule has 0 radical (unpaired) electrons. The SMILES string of the molecule is C=NC[C@H]1CC[C@H](C(=O)OC)CC1. The molecule has 0 heterocycles. The molecule has 0 spiro atoms. The molecule has 0 N–H and O–H groups in total. The molecule has 0 amide bonds. The number of hydrogen-bond donors (Lipinski definition) is 0. The Labute approximate surface area is 79.2 Å². The van der Waals surface area contributed by atoms with Crippen molar-refractivity contribution in [1.29, 1.82) is 0 Å². The molecule has 0 unspecified atom stereocenters. The van der Waals surface area contributed by atoms with Gasteiger partial charge in [0.2, 0.25) is 0 Å². The van der Waals surface area contributed by atoms with E-state index in [1.807, 2.05) is 0 Å². The van der Waals surface area contributed by atoms with Crippen LogP contribution in [0.2, 0.25) is 0 Å². The van der Waals surface area contributed by atoms with Gasteiger partial charge in [-0.1, -0.05) is 0 Å². The molecule has 0 aromatic heterocycles. The van der Waals surface area contributed by atoms with E-state index in [2.05, 4.69) is 11.7 Å². The Bertz CT molecular complexity index is 183. The minimum Gasteiger partial charge on any atom is -0.469 e. The van der Waals surface area contributed by atoms with Crippen LogP contribution >= 0.6 is 0 Å². The summed E-state index contributed by atoms with van der Waals surface area (Å²) in [5, 5.41) is 0.